The lowest BCUT2D eigenvalue weighted by molar-refractivity contribution is -0.384. The van der Waals surface area contributed by atoms with E-state index >= 15 is 0 Å². The van der Waals surface area contributed by atoms with E-state index in [4.69, 9.17) is 0 Å². The average molecular weight is 278 g/mol. The predicted octanol–water partition coefficient (Wildman–Crippen LogP) is 3.38. The third kappa shape index (κ3) is 2.58. The summed E-state index contributed by atoms with van der Waals surface area (Å²) < 4.78 is 0.235. The highest BCUT2D eigenvalue weighted by Crippen LogP contribution is 2.32. The van der Waals surface area contributed by atoms with Gasteiger partial charge in [-0.15, -0.1) is 0 Å². The molecule has 100 valence electrons. The van der Waals surface area contributed by atoms with Gasteiger partial charge in [-0.2, -0.15) is 0 Å². The maximum absolute atomic E-state index is 11.9. The molecule has 1 aromatic heterocycles. The number of nitrogens with zero attached hydrogens (tertiary/aromatic N) is 1. The minimum Gasteiger partial charge on any atom is -0.376 e. The van der Waals surface area contributed by atoms with E-state index in [0.29, 0.717) is 5.69 Å². The Labute approximate surface area is 114 Å². The van der Waals surface area contributed by atoms with Crippen LogP contribution in [-0.2, 0) is 0 Å². The maximum atomic E-state index is 11.9. The number of nitro groups is 1. The van der Waals surface area contributed by atoms with Gasteiger partial charge in [-0.25, -0.2) is 0 Å². The number of rotatable bonds is 4. The third-order valence-electron chi connectivity index (χ3n) is 2.97. The fourth-order valence-electron chi connectivity index (χ4n) is 1.80. The van der Waals surface area contributed by atoms with Crippen molar-refractivity contribution in [1.29, 1.82) is 0 Å². The summed E-state index contributed by atoms with van der Waals surface area (Å²) in [7, 11) is 0. The van der Waals surface area contributed by atoms with Crippen LogP contribution in [0.1, 0.15) is 20.3 Å². The topological polar surface area (TPSA) is 72.2 Å². The van der Waals surface area contributed by atoms with Gasteiger partial charge in [0.1, 0.15) is 5.69 Å². The first-order chi connectivity index (χ1) is 9.04. The zero-order valence-electron chi connectivity index (χ0n) is 10.7. The van der Waals surface area contributed by atoms with Gasteiger partial charge in [-0.1, -0.05) is 36.5 Å². The standard InChI is InChI=1S/C13H14N2O3S/c1-3-8(2)14-11-9-6-4-5-7-10(9)19-13(16)12(11)15(17)18/h4-8,14H,3H2,1-2H3/t8-/m1/s1. The first kappa shape index (κ1) is 13.5. The molecule has 1 aromatic carbocycles. The predicted molar refractivity (Wildman–Crippen MR) is 78.1 cm³/mol. The van der Waals surface area contributed by atoms with Crippen molar-refractivity contribution in [3.63, 3.8) is 0 Å². The van der Waals surface area contributed by atoms with E-state index in [1.165, 1.54) is 0 Å². The molecule has 2 aromatic rings. The molecule has 1 atom stereocenters. The van der Waals surface area contributed by atoms with Crippen LogP contribution in [0.2, 0.25) is 0 Å². The summed E-state index contributed by atoms with van der Waals surface area (Å²) in [5.41, 5.74) is -0.0253. The summed E-state index contributed by atoms with van der Waals surface area (Å²) in [6.07, 6.45) is 0.817. The molecule has 0 spiro atoms. The second-order valence-corrected chi connectivity index (χ2v) is 5.33. The molecule has 19 heavy (non-hydrogen) atoms. The minimum atomic E-state index is -0.601. The van der Waals surface area contributed by atoms with E-state index in [0.717, 1.165) is 27.8 Å². The minimum absolute atomic E-state index is 0.0638. The number of hydrogen-bond donors (Lipinski definition) is 1. The van der Waals surface area contributed by atoms with Crippen LogP contribution in [0.15, 0.2) is 29.1 Å². The van der Waals surface area contributed by atoms with Gasteiger partial charge in [0.2, 0.25) is 0 Å². The number of anilines is 1. The second-order valence-electron chi connectivity index (χ2n) is 4.32. The molecular weight excluding hydrogens is 264 g/mol. The van der Waals surface area contributed by atoms with E-state index in [2.05, 4.69) is 5.32 Å². The van der Waals surface area contributed by atoms with Gasteiger partial charge in [0.25, 0.3) is 0 Å². The first-order valence-corrected chi connectivity index (χ1v) is 6.83. The van der Waals surface area contributed by atoms with Crippen LogP contribution in [0, 0.1) is 10.1 Å². The van der Waals surface area contributed by atoms with Gasteiger partial charge < -0.3 is 5.32 Å². The fourth-order valence-corrected chi connectivity index (χ4v) is 2.70. The number of fused-ring (bicyclic) bond motifs is 1. The van der Waals surface area contributed by atoms with E-state index in [1.807, 2.05) is 26.0 Å². The van der Waals surface area contributed by atoms with Crippen LogP contribution in [-0.4, -0.2) is 11.0 Å². The molecule has 0 fully saturated rings. The zero-order chi connectivity index (χ0) is 14.0. The van der Waals surface area contributed by atoms with Crippen molar-refractivity contribution < 1.29 is 4.92 Å². The molecule has 0 amide bonds. The quantitative estimate of drug-likeness (QED) is 0.687. The number of nitrogens with one attached hydrogen (secondary N) is 1. The maximum Gasteiger partial charge on any atom is 0.350 e. The fraction of sp³-hybridized carbons (Fsp3) is 0.308. The molecule has 1 N–H and O–H groups in total. The van der Waals surface area contributed by atoms with E-state index < -0.39 is 9.67 Å². The van der Waals surface area contributed by atoms with Crippen molar-refractivity contribution in [2.24, 2.45) is 0 Å². The molecule has 0 unspecified atom stereocenters. The van der Waals surface area contributed by atoms with Gasteiger partial charge in [0.05, 0.1) is 4.92 Å². The highest BCUT2D eigenvalue weighted by molar-refractivity contribution is 7.16. The lowest BCUT2D eigenvalue weighted by atomic mass is 10.1. The van der Waals surface area contributed by atoms with Crippen molar-refractivity contribution in [2.75, 3.05) is 5.32 Å². The first-order valence-electron chi connectivity index (χ1n) is 6.01. The normalized spacial score (nSPS) is 12.3. The van der Waals surface area contributed by atoms with Gasteiger partial charge in [0, 0.05) is 16.1 Å². The Bertz CT molecular complexity index is 681. The van der Waals surface area contributed by atoms with Crippen LogP contribution in [0.3, 0.4) is 0 Å². The molecule has 0 saturated carbocycles. The largest absolute Gasteiger partial charge is 0.376 e. The third-order valence-corrected chi connectivity index (χ3v) is 3.93. The average Bonchev–Trinajstić information content (AvgIpc) is 2.37. The monoisotopic (exact) mass is 278 g/mol. The molecule has 5 nitrogen and oxygen atoms in total. The summed E-state index contributed by atoms with van der Waals surface area (Å²) in [5, 5.41) is 14.9. The number of benzene rings is 1. The van der Waals surface area contributed by atoms with Crippen molar-refractivity contribution in [2.45, 2.75) is 26.3 Å². The van der Waals surface area contributed by atoms with Crippen LogP contribution in [0.5, 0.6) is 0 Å². The van der Waals surface area contributed by atoms with Crippen molar-refractivity contribution in [3.05, 3.63) is 43.9 Å². The SMILES string of the molecule is CC[C@@H](C)Nc1c([N+](=O)[O-])c(=O)sc2ccccc12. The summed E-state index contributed by atoms with van der Waals surface area (Å²) in [6, 6.07) is 7.28. The van der Waals surface area contributed by atoms with Gasteiger partial charge in [-0.05, 0) is 19.4 Å². The molecular formula is C13H14N2O3S. The van der Waals surface area contributed by atoms with Crippen molar-refractivity contribution in [1.82, 2.24) is 0 Å². The van der Waals surface area contributed by atoms with Gasteiger partial charge in [0.15, 0.2) is 0 Å². The summed E-state index contributed by atoms with van der Waals surface area (Å²) in [5.74, 6) is 0. The van der Waals surface area contributed by atoms with Crippen LogP contribution in [0.25, 0.3) is 10.1 Å². The summed E-state index contributed by atoms with van der Waals surface area (Å²) >= 11 is 0.908. The summed E-state index contributed by atoms with van der Waals surface area (Å²) in [4.78, 5) is 22.4. The van der Waals surface area contributed by atoms with E-state index in [9.17, 15) is 14.9 Å². The Morgan fingerprint density at radius 1 is 1.42 bits per heavy atom. The molecule has 0 aliphatic carbocycles. The Morgan fingerprint density at radius 2 is 2.11 bits per heavy atom. The lowest BCUT2D eigenvalue weighted by Crippen LogP contribution is -2.17. The van der Waals surface area contributed by atoms with E-state index in [-0.39, 0.29) is 11.7 Å². The molecule has 2 rings (SSSR count). The Kier molecular flexibility index (Phi) is 3.80. The van der Waals surface area contributed by atoms with Crippen LogP contribution < -0.4 is 10.1 Å². The Hall–Kier alpha value is -1.95. The molecule has 1 heterocycles. The zero-order valence-corrected chi connectivity index (χ0v) is 11.5. The Balaban J connectivity index is 2.76. The smallest absolute Gasteiger partial charge is 0.350 e. The molecule has 0 bridgehead atoms. The van der Waals surface area contributed by atoms with Gasteiger partial charge in [-0.3, -0.25) is 14.9 Å². The van der Waals surface area contributed by atoms with Crippen molar-refractivity contribution in [3.8, 4) is 0 Å². The van der Waals surface area contributed by atoms with Crippen LogP contribution >= 0.6 is 11.3 Å². The van der Waals surface area contributed by atoms with Gasteiger partial charge >= 0.3 is 10.4 Å². The number of hydrogen-bond acceptors (Lipinski definition) is 5. The molecule has 0 saturated heterocycles. The van der Waals surface area contributed by atoms with Crippen molar-refractivity contribution >= 4 is 32.8 Å². The second kappa shape index (κ2) is 5.36. The Morgan fingerprint density at radius 3 is 2.74 bits per heavy atom. The molecule has 0 aliphatic rings. The molecule has 0 radical (unpaired) electrons. The van der Waals surface area contributed by atoms with Crippen LogP contribution in [0.4, 0.5) is 11.4 Å². The highest BCUT2D eigenvalue weighted by atomic mass is 32.1. The summed E-state index contributed by atoms with van der Waals surface area (Å²) in [6.45, 7) is 3.91. The van der Waals surface area contributed by atoms with E-state index in [1.54, 1.807) is 12.1 Å². The molecule has 0 aliphatic heterocycles. The highest BCUT2D eigenvalue weighted by Gasteiger charge is 2.23. The molecule has 6 heteroatoms. The lowest BCUT2D eigenvalue weighted by Gasteiger charge is -2.14.